The molecule has 19 heavy (non-hydrogen) atoms. The largest absolute Gasteiger partial charge is 0.360 e. The minimum Gasteiger partial charge on any atom is -0.360 e. The van der Waals surface area contributed by atoms with Crippen LogP contribution in [0.4, 0.5) is 0 Å². The van der Waals surface area contributed by atoms with Gasteiger partial charge < -0.3 is 9.84 Å². The Labute approximate surface area is 114 Å². The zero-order valence-electron chi connectivity index (χ0n) is 11.8. The van der Waals surface area contributed by atoms with Crippen LogP contribution < -0.4 is 5.32 Å². The minimum absolute atomic E-state index is 0.763. The summed E-state index contributed by atoms with van der Waals surface area (Å²) >= 11 is 0. The summed E-state index contributed by atoms with van der Waals surface area (Å²) in [5.74, 6) is 1.01. The third-order valence-electron chi connectivity index (χ3n) is 4.31. The summed E-state index contributed by atoms with van der Waals surface area (Å²) in [6.45, 7) is 10.0. The summed E-state index contributed by atoms with van der Waals surface area (Å²) in [5, 5.41) is 7.51. The average Bonchev–Trinajstić information content (AvgIpc) is 3.10. The molecule has 0 saturated carbocycles. The minimum atomic E-state index is 0.763. The van der Waals surface area contributed by atoms with E-state index in [1.165, 1.54) is 32.6 Å². The van der Waals surface area contributed by atoms with Gasteiger partial charge in [-0.15, -0.1) is 0 Å². The Hall–Kier alpha value is -0.910. The molecule has 2 aliphatic heterocycles. The van der Waals surface area contributed by atoms with Crippen molar-refractivity contribution < 1.29 is 4.52 Å². The molecule has 1 N–H and O–H groups in total. The van der Waals surface area contributed by atoms with Crippen LogP contribution in [0.3, 0.4) is 0 Å². The van der Waals surface area contributed by atoms with Crippen molar-refractivity contribution in [1.29, 1.82) is 0 Å². The number of hydrogen-bond acceptors (Lipinski definition) is 5. The van der Waals surface area contributed by atoms with Crippen LogP contribution in [0.5, 0.6) is 0 Å². The van der Waals surface area contributed by atoms with Gasteiger partial charge in [-0.2, -0.15) is 0 Å². The van der Waals surface area contributed by atoms with E-state index < -0.39 is 0 Å². The van der Waals surface area contributed by atoms with E-state index in [9.17, 15) is 0 Å². The molecule has 0 amide bonds. The predicted octanol–water partition coefficient (Wildman–Crippen LogP) is 0.717. The van der Waals surface area contributed by atoms with Crippen molar-refractivity contribution in [1.82, 2.24) is 20.3 Å². The Balaban J connectivity index is 1.47. The highest BCUT2D eigenvalue weighted by Crippen LogP contribution is 2.14. The fourth-order valence-electron chi connectivity index (χ4n) is 3.05. The SMILES string of the molecule is CCc1cc(CN2CCN(C3CCNC3)CC2)on1. The molecule has 3 heterocycles. The Bertz CT molecular complexity index is 392. The number of rotatable bonds is 4. The lowest BCUT2D eigenvalue weighted by Gasteiger charge is -2.37. The second-order valence-electron chi connectivity index (χ2n) is 5.60. The molecular weight excluding hydrogens is 240 g/mol. The highest BCUT2D eigenvalue weighted by atomic mass is 16.5. The van der Waals surface area contributed by atoms with Gasteiger partial charge in [-0.3, -0.25) is 9.80 Å². The fraction of sp³-hybridized carbons (Fsp3) is 0.786. The predicted molar refractivity (Wildman–Crippen MR) is 74.0 cm³/mol. The third kappa shape index (κ3) is 3.16. The summed E-state index contributed by atoms with van der Waals surface area (Å²) in [5.41, 5.74) is 1.06. The molecule has 1 aromatic rings. The van der Waals surface area contributed by atoms with Crippen molar-refractivity contribution in [3.8, 4) is 0 Å². The van der Waals surface area contributed by atoms with Gasteiger partial charge in [0.1, 0.15) is 0 Å². The number of aromatic nitrogens is 1. The molecule has 2 fully saturated rings. The van der Waals surface area contributed by atoms with Gasteiger partial charge in [-0.05, 0) is 19.4 Å². The van der Waals surface area contributed by atoms with Crippen LogP contribution in [0, 0.1) is 0 Å². The van der Waals surface area contributed by atoms with Gasteiger partial charge in [0.15, 0.2) is 5.76 Å². The van der Waals surface area contributed by atoms with E-state index in [1.807, 2.05) is 0 Å². The second kappa shape index (κ2) is 6.03. The number of nitrogens with one attached hydrogen (secondary N) is 1. The summed E-state index contributed by atoms with van der Waals surface area (Å²) in [6, 6.07) is 2.85. The van der Waals surface area contributed by atoms with E-state index in [-0.39, 0.29) is 0 Å². The van der Waals surface area contributed by atoms with Crippen LogP contribution in [-0.2, 0) is 13.0 Å². The van der Waals surface area contributed by atoms with E-state index in [1.54, 1.807) is 0 Å². The van der Waals surface area contributed by atoms with Crippen LogP contribution in [0.25, 0.3) is 0 Å². The van der Waals surface area contributed by atoms with Gasteiger partial charge in [-0.1, -0.05) is 12.1 Å². The molecule has 0 aromatic carbocycles. The van der Waals surface area contributed by atoms with Crippen LogP contribution >= 0.6 is 0 Å². The summed E-state index contributed by atoms with van der Waals surface area (Å²) in [4.78, 5) is 5.10. The molecule has 0 spiro atoms. The van der Waals surface area contributed by atoms with Crippen molar-refractivity contribution in [3.05, 3.63) is 17.5 Å². The highest BCUT2D eigenvalue weighted by molar-refractivity contribution is 5.05. The lowest BCUT2D eigenvalue weighted by molar-refractivity contribution is 0.0920. The molecule has 3 rings (SSSR count). The lowest BCUT2D eigenvalue weighted by Crippen LogP contribution is -2.50. The van der Waals surface area contributed by atoms with E-state index >= 15 is 0 Å². The quantitative estimate of drug-likeness (QED) is 0.868. The van der Waals surface area contributed by atoms with Crippen LogP contribution in [0.2, 0.25) is 0 Å². The van der Waals surface area contributed by atoms with Gasteiger partial charge >= 0.3 is 0 Å². The Kier molecular flexibility index (Phi) is 4.15. The highest BCUT2D eigenvalue weighted by Gasteiger charge is 2.26. The standard InChI is InChI=1S/C14H24N4O/c1-2-12-9-14(19-16-12)11-17-5-7-18(8-6-17)13-3-4-15-10-13/h9,13,15H,2-8,10-11H2,1H3. The first kappa shape index (κ1) is 13.1. The maximum atomic E-state index is 5.37. The summed E-state index contributed by atoms with van der Waals surface area (Å²) < 4.78 is 5.37. The number of hydrogen-bond donors (Lipinski definition) is 1. The van der Waals surface area contributed by atoms with Crippen LogP contribution in [0.15, 0.2) is 10.6 Å². The maximum Gasteiger partial charge on any atom is 0.150 e. The Morgan fingerprint density at radius 1 is 1.37 bits per heavy atom. The molecular formula is C14H24N4O. The van der Waals surface area contributed by atoms with Gasteiger partial charge in [0.25, 0.3) is 0 Å². The number of nitrogens with zero attached hydrogens (tertiary/aromatic N) is 3. The lowest BCUT2D eigenvalue weighted by atomic mass is 10.2. The smallest absolute Gasteiger partial charge is 0.150 e. The van der Waals surface area contributed by atoms with E-state index in [2.05, 4.69) is 33.3 Å². The molecule has 1 unspecified atom stereocenters. The first-order valence-electron chi connectivity index (χ1n) is 7.46. The van der Waals surface area contributed by atoms with Gasteiger partial charge in [0, 0.05) is 44.8 Å². The molecule has 0 bridgehead atoms. The molecule has 5 heteroatoms. The zero-order valence-corrected chi connectivity index (χ0v) is 11.8. The molecule has 2 aliphatic rings. The molecule has 0 aliphatic carbocycles. The van der Waals surface area contributed by atoms with Crippen molar-refractivity contribution >= 4 is 0 Å². The molecule has 2 saturated heterocycles. The van der Waals surface area contributed by atoms with Gasteiger partial charge in [0.2, 0.25) is 0 Å². The van der Waals surface area contributed by atoms with Crippen molar-refractivity contribution in [3.63, 3.8) is 0 Å². The number of aryl methyl sites for hydroxylation is 1. The average molecular weight is 264 g/mol. The van der Waals surface area contributed by atoms with E-state index in [0.717, 1.165) is 43.6 Å². The van der Waals surface area contributed by atoms with E-state index in [0.29, 0.717) is 0 Å². The van der Waals surface area contributed by atoms with Crippen molar-refractivity contribution in [2.75, 3.05) is 39.3 Å². The summed E-state index contributed by atoms with van der Waals surface area (Å²) in [7, 11) is 0. The van der Waals surface area contributed by atoms with Crippen LogP contribution in [0.1, 0.15) is 24.8 Å². The topological polar surface area (TPSA) is 44.5 Å². The second-order valence-corrected chi connectivity index (χ2v) is 5.60. The fourth-order valence-corrected chi connectivity index (χ4v) is 3.05. The molecule has 0 radical (unpaired) electrons. The monoisotopic (exact) mass is 264 g/mol. The molecule has 1 aromatic heterocycles. The first-order chi connectivity index (χ1) is 9.35. The van der Waals surface area contributed by atoms with Gasteiger partial charge in [0.05, 0.1) is 12.2 Å². The third-order valence-corrected chi connectivity index (χ3v) is 4.31. The molecule has 5 nitrogen and oxygen atoms in total. The van der Waals surface area contributed by atoms with Crippen LogP contribution in [-0.4, -0.2) is 60.3 Å². The normalized spacial score (nSPS) is 26.1. The molecule has 106 valence electrons. The Morgan fingerprint density at radius 2 is 2.21 bits per heavy atom. The first-order valence-corrected chi connectivity index (χ1v) is 7.46. The maximum absolute atomic E-state index is 5.37. The Morgan fingerprint density at radius 3 is 2.84 bits per heavy atom. The van der Waals surface area contributed by atoms with Crippen molar-refractivity contribution in [2.24, 2.45) is 0 Å². The zero-order chi connectivity index (χ0) is 13.1. The molecule has 1 atom stereocenters. The van der Waals surface area contributed by atoms with Gasteiger partial charge in [-0.25, -0.2) is 0 Å². The van der Waals surface area contributed by atoms with Crippen molar-refractivity contribution in [2.45, 2.75) is 32.4 Å². The van der Waals surface area contributed by atoms with E-state index in [4.69, 9.17) is 4.52 Å². The number of piperazine rings is 1. The summed E-state index contributed by atoms with van der Waals surface area (Å²) in [6.07, 6.45) is 2.26.